The third-order valence-electron chi connectivity index (χ3n) is 4.00. The molecule has 0 spiro atoms. The van der Waals surface area contributed by atoms with E-state index >= 15 is 0 Å². The SMILES string of the molecule is COCc1ccccc1C(=O)N[C@@H](C)C(=O)NC1CCCC1. The largest absolute Gasteiger partial charge is 0.380 e. The maximum Gasteiger partial charge on any atom is 0.252 e. The van der Waals surface area contributed by atoms with Gasteiger partial charge in [-0.25, -0.2) is 0 Å². The zero-order valence-electron chi connectivity index (χ0n) is 13.2. The zero-order valence-corrected chi connectivity index (χ0v) is 13.2. The van der Waals surface area contributed by atoms with E-state index in [1.807, 2.05) is 12.1 Å². The third kappa shape index (κ3) is 4.31. The summed E-state index contributed by atoms with van der Waals surface area (Å²) < 4.78 is 5.10. The molecule has 2 amide bonds. The van der Waals surface area contributed by atoms with Gasteiger partial charge in [-0.15, -0.1) is 0 Å². The standard InChI is InChI=1S/C17H24N2O3/c1-12(16(20)19-14-8-4-5-9-14)18-17(21)15-10-6-3-7-13(15)11-22-2/h3,6-7,10,12,14H,4-5,8-9,11H2,1-2H3,(H,18,21)(H,19,20)/t12-/m0/s1. The van der Waals surface area contributed by atoms with Crippen molar-refractivity contribution in [2.45, 2.75) is 51.3 Å². The first-order valence-electron chi connectivity index (χ1n) is 7.80. The molecular formula is C17H24N2O3. The van der Waals surface area contributed by atoms with Crippen LogP contribution in [-0.4, -0.2) is 31.0 Å². The molecule has 1 aliphatic rings. The van der Waals surface area contributed by atoms with E-state index in [0.29, 0.717) is 12.2 Å². The molecule has 1 saturated carbocycles. The Kier molecular flexibility index (Phi) is 5.95. The normalized spacial score (nSPS) is 16.3. The Bertz CT molecular complexity index is 524. The first-order valence-corrected chi connectivity index (χ1v) is 7.80. The molecule has 0 saturated heterocycles. The fourth-order valence-corrected chi connectivity index (χ4v) is 2.76. The Morgan fingerprint density at radius 3 is 2.64 bits per heavy atom. The molecule has 1 aliphatic carbocycles. The van der Waals surface area contributed by atoms with Crippen molar-refractivity contribution in [2.24, 2.45) is 0 Å². The zero-order chi connectivity index (χ0) is 15.9. The minimum atomic E-state index is -0.552. The Labute approximate surface area is 131 Å². The average molecular weight is 304 g/mol. The van der Waals surface area contributed by atoms with Gasteiger partial charge in [-0.1, -0.05) is 31.0 Å². The van der Waals surface area contributed by atoms with E-state index in [9.17, 15) is 9.59 Å². The highest BCUT2D eigenvalue weighted by molar-refractivity contribution is 5.98. The summed E-state index contributed by atoms with van der Waals surface area (Å²) in [6, 6.07) is 6.96. The fraction of sp³-hybridized carbons (Fsp3) is 0.529. The van der Waals surface area contributed by atoms with Crippen LogP contribution in [0.1, 0.15) is 48.5 Å². The Balaban J connectivity index is 1.94. The number of carbonyl (C=O) groups is 2. The van der Waals surface area contributed by atoms with Crippen LogP contribution in [0.3, 0.4) is 0 Å². The van der Waals surface area contributed by atoms with E-state index in [4.69, 9.17) is 4.74 Å². The third-order valence-corrected chi connectivity index (χ3v) is 4.00. The van der Waals surface area contributed by atoms with Crippen LogP contribution in [0, 0.1) is 0 Å². The van der Waals surface area contributed by atoms with Crippen molar-refractivity contribution in [3.8, 4) is 0 Å². The van der Waals surface area contributed by atoms with Crippen molar-refractivity contribution in [2.75, 3.05) is 7.11 Å². The lowest BCUT2D eigenvalue weighted by molar-refractivity contribution is -0.123. The van der Waals surface area contributed by atoms with Crippen molar-refractivity contribution < 1.29 is 14.3 Å². The topological polar surface area (TPSA) is 67.4 Å². The molecular weight excluding hydrogens is 280 g/mol. The van der Waals surface area contributed by atoms with Gasteiger partial charge >= 0.3 is 0 Å². The predicted molar refractivity (Wildman–Crippen MR) is 84.5 cm³/mol. The lowest BCUT2D eigenvalue weighted by atomic mass is 10.1. The summed E-state index contributed by atoms with van der Waals surface area (Å²) in [5, 5.41) is 5.76. The van der Waals surface area contributed by atoms with Crippen molar-refractivity contribution in [1.82, 2.24) is 10.6 Å². The number of methoxy groups -OCH3 is 1. The highest BCUT2D eigenvalue weighted by atomic mass is 16.5. The maximum atomic E-state index is 12.3. The molecule has 120 valence electrons. The molecule has 22 heavy (non-hydrogen) atoms. The van der Waals surface area contributed by atoms with Crippen LogP contribution < -0.4 is 10.6 Å². The number of ether oxygens (including phenoxy) is 1. The van der Waals surface area contributed by atoms with Crippen LogP contribution >= 0.6 is 0 Å². The summed E-state index contributed by atoms with van der Waals surface area (Å²) in [5.41, 5.74) is 1.36. The molecule has 0 bridgehead atoms. The van der Waals surface area contributed by atoms with E-state index < -0.39 is 6.04 Å². The lowest BCUT2D eigenvalue weighted by Gasteiger charge is -2.18. The molecule has 2 rings (SSSR count). The van der Waals surface area contributed by atoms with Crippen LogP contribution in [0.2, 0.25) is 0 Å². The van der Waals surface area contributed by atoms with E-state index in [2.05, 4.69) is 10.6 Å². The molecule has 1 aromatic carbocycles. The molecule has 5 heteroatoms. The van der Waals surface area contributed by atoms with Crippen LogP contribution in [-0.2, 0) is 16.1 Å². The summed E-state index contributed by atoms with van der Waals surface area (Å²) >= 11 is 0. The number of nitrogens with one attached hydrogen (secondary N) is 2. The van der Waals surface area contributed by atoms with Crippen molar-refractivity contribution >= 4 is 11.8 Å². The molecule has 1 aromatic rings. The molecule has 0 radical (unpaired) electrons. The summed E-state index contributed by atoms with van der Waals surface area (Å²) in [4.78, 5) is 24.5. The van der Waals surface area contributed by atoms with Crippen LogP contribution in [0.4, 0.5) is 0 Å². The van der Waals surface area contributed by atoms with Gasteiger partial charge in [0.1, 0.15) is 6.04 Å². The Morgan fingerprint density at radius 2 is 1.95 bits per heavy atom. The van der Waals surface area contributed by atoms with Crippen molar-refractivity contribution in [3.63, 3.8) is 0 Å². The Morgan fingerprint density at radius 1 is 1.27 bits per heavy atom. The second-order valence-electron chi connectivity index (χ2n) is 5.78. The first-order chi connectivity index (χ1) is 10.6. The maximum absolute atomic E-state index is 12.3. The van der Waals surface area contributed by atoms with Gasteiger partial charge in [0.25, 0.3) is 5.91 Å². The molecule has 1 fully saturated rings. The summed E-state index contributed by atoms with van der Waals surface area (Å²) in [7, 11) is 1.59. The molecule has 1 atom stereocenters. The van der Waals surface area contributed by atoms with Gasteiger partial charge in [0, 0.05) is 18.7 Å². The number of rotatable bonds is 6. The quantitative estimate of drug-likeness (QED) is 0.845. The lowest BCUT2D eigenvalue weighted by Crippen LogP contribution is -2.47. The Hall–Kier alpha value is -1.88. The summed E-state index contributed by atoms with van der Waals surface area (Å²) in [6.07, 6.45) is 4.39. The number of benzene rings is 1. The second kappa shape index (κ2) is 7.94. The molecule has 0 unspecified atom stereocenters. The molecule has 5 nitrogen and oxygen atoms in total. The van der Waals surface area contributed by atoms with E-state index in [1.54, 1.807) is 26.2 Å². The van der Waals surface area contributed by atoms with Gasteiger partial charge in [0.05, 0.1) is 6.61 Å². The second-order valence-corrected chi connectivity index (χ2v) is 5.78. The number of hydrogen-bond acceptors (Lipinski definition) is 3. The highest BCUT2D eigenvalue weighted by Gasteiger charge is 2.22. The smallest absolute Gasteiger partial charge is 0.252 e. The highest BCUT2D eigenvalue weighted by Crippen LogP contribution is 2.17. The van der Waals surface area contributed by atoms with Crippen LogP contribution in [0.15, 0.2) is 24.3 Å². The van der Waals surface area contributed by atoms with Crippen molar-refractivity contribution in [1.29, 1.82) is 0 Å². The average Bonchev–Trinajstić information content (AvgIpc) is 3.01. The number of hydrogen-bond donors (Lipinski definition) is 2. The van der Waals surface area contributed by atoms with Crippen molar-refractivity contribution in [3.05, 3.63) is 35.4 Å². The minimum Gasteiger partial charge on any atom is -0.380 e. The van der Waals surface area contributed by atoms with E-state index in [1.165, 1.54) is 0 Å². The monoisotopic (exact) mass is 304 g/mol. The summed E-state index contributed by atoms with van der Waals surface area (Å²) in [5.74, 6) is -0.369. The number of amides is 2. The van der Waals surface area contributed by atoms with Gasteiger partial charge in [0.15, 0.2) is 0 Å². The van der Waals surface area contributed by atoms with Crippen LogP contribution in [0.5, 0.6) is 0 Å². The molecule has 0 aromatic heterocycles. The predicted octanol–water partition coefficient (Wildman–Crippen LogP) is 2.01. The molecule has 0 heterocycles. The molecule has 2 N–H and O–H groups in total. The first kappa shape index (κ1) is 16.5. The van der Waals surface area contributed by atoms with Gasteiger partial charge in [-0.05, 0) is 31.4 Å². The van der Waals surface area contributed by atoms with Gasteiger partial charge < -0.3 is 15.4 Å². The van der Waals surface area contributed by atoms with Crippen LogP contribution in [0.25, 0.3) is 0 Å². The molecule has 0 aliphatic heterocycles. The summed E-state index contributed by atoms with van der Waals surface area (Å²) in [6.45, 7) is 2.08. The fourth-order valence-electron chi connectivity index (χ4n) is 2.76. The van der Waals surface area contributed by atoms with Gasteiger partial charge in [-0.3, -0.25) is 9.59 Å². The van der Waals surface area contributed by atoms with Gasteiger partial charge in [0.2, 0.25) is 5.91 Å². The number of carbonyl (C=O) groups excluding carboxylic acids is 2. The van der Waals surface area contributed by atoms with Gasteiger partial charge in [-0.2, -0.15) is 0 Å². The van der Waals surface area contributed by atoms with E-state index in [-0.39, 0.29) is 17.9 Å². The minimum absolute atomic E-state index is 0.121. The van der Waals surface area contributed by atoms with E-state index in [0.717, 1.165) is 31.2 Å².